The van der Waals surface area contributed by atoms with Crippen LogP contribution in [0.3, 0.4) is 0 Å². The van der Waals surface area contributed by atoms with E-state index in [0.29, 0.717) is 6.54 Å². The van der Waals surface area contributed by atoms with Crippen LogP contribution in [-0.2, 0) is 10.0 Å². The highest BCUT2D eigenvalue weighted by Gasteiger charge is 2.39. The van der Waals surface area contributed by atoms with Crippen molar-refractivity contribution in [1.82, 2.24) is 4.72 Å². The maximum Gasteiger partial charge on any atom is 0.312 e. The van der Waals surface area contributed by atoms with Crippen LogP contribution in [-0.4, -0.2) is 26.9 Å². The number of rotatable bonds is 6. The Labute approximate surface area is 117 Å². The molecule has 2 N–H and O–H groups in total. The van der Waals surface area contributed by atoms with Gasteiger partial charge >= 0.3 is 5.69 Å². The van der Waals surface area contributed by atoms with Crippen molar-refractivity contribution in [2.24, 2.45) is 5.41 Å². The van der Waals surface area contributed by atoms with Gasteiger partial charge in [0.2, 0.25) is 10.0 Å². The maximum absolute atomic E-state index is 12.3. The van der Waals surface area contributed by atoms with Gasteiger partial charge in [0, 0.05) is 13.6 Å². The van der Waals surface area contributed by atoms with E-state index in [-0.39, 0.29) is 16.0 Å². The van der Waals surface area contributed by atoms with Crippen molar-refractivity contribution in [2.75, 3.05) is 18.9 Å². The van der Waals surface area contributed by atoms with Gasteiger partial charge in [0.25, 0.3) is 0 Å². The summed E-state index contributed by atoms with van der Waals surface area (Å²) in [5.74, 6) is 0. The highest BCUT2D eigenvalue weighted by Crippen LogP contribution is 2.44. The largest absolute Gasteiger partial charge is 0.383 e. The molecule has 0 aromatic heterocycles. The van der Waals surface area contributed by atoms with Gasteiger partial charge in [-0.05, 0) is 30.4 Å². The third kappa shape index (κ3) is 2.91. The molecule has 20 heavy (non-hydrogen) atoms. The third-order valence-corrected chi connectivity index (χ3v) is 4.97. The second-order valence-electron chi connectivity index (χ2n) is 5.29. The van der Waals surface area contributed by atoms with Crippen molar-refractivity contribution in [3.63, 3.8) is 0 Å². The number of para-hydroxylation sites is 1. The highest BCUT2D eigenvalue weighted by atomic mass is 32.2. The quantitative estimate of drug-likeness (QED) is 0.615. The Hall–Kier alpha value is -1.67. The number of nitrogens with zero attached hydrogens (tertiary/aromatic N) is 1. The molecule has 0 amide bonds. The Bertz CT molecular complexity index is 638. The van der Waals surface area contributed by atoms with Crippen LogP contribution in [0, 0.1) is 15.5 Å². The van der Waals surface area contributed by atoms with Gasteiger partial charge in [0.15, 0.2) is 4.90 Å². The van der Waals surface area contributed by atoms with Crippen LogP contribution < -0.4 is 10.0 Å². The highest BCUT2D eigenvalue weighted by molar-refractivity contribution is 7.89. The van der Waals surface area contributed by atoms with Crippen LogP contribution in [0.5, 0.6) is 0 Å². The zero-order chi connectivity index (χ0) is 15.0. The van der Waals surface area contributed by atoms with Crippen molar-refractivity contribution < 1.29 is 13.3 Å². The molecular weight excluding hydrogens is 282 g/mol. The molecule has 0 atom stereocenters. The predicted molar refractivity (Wildman–Crippen MR) is 75.2 cm³/mol. The minimum absolute atomic E-state index is 0.0114. The first-order valence-corrected chi connectivity index (χ1v) is 7.72. The molecule has 0 aliphatic heterocycles. The number of hydrogen-bond donors (Lipinski definition) is 2. The smallest absolute Gasteiger partial charge is 0.312 e. The number of nitro benzene ring substituents is 1. The normalized spacial score (nSPS) is 16.7. The Morgan fingerprint density at radius 1 is 1.40 bits per heavy atom. The summed E-state index contributed by atoms with van der Waals surface area (Å²) in [6, 6.07) is 4.20. The Kier molecular flexibility index (Phi) is 3.70. The van der Waals surface area contributed by atoms with Crippen molar-refractivity contribution in [1.29, 1.82) is 0 Å². The van der Waals surface area contributed by atoms with E-state index >= 15 is 0 Å². The molecule has 0 saturated heterocycles. The van der Waals surface area contributed by atoms with Gasteiger partial charge in [-0.25, -0.2) is 13.1 Å². The summed E-state index contributed by atoms with van der Waals surface area (Å²) < 4.78 is 27.0. The molecule has 1 aromatic rings. The number of sulfonamides is 1. The zero-order valence-corrected chi connectivity index (χ0v) is 12.2. The topological polar surface area (TPSA) is 101 Å². The summed E-state index contributed by atoms with van der Waals surface area (Å²) >= 11 is 0. The molecule has 1 saturated carbocycles. The minimum Gasteiger partial charge on any atom is -0.383 e. The molecule has 0 bridgehead atoms. The van der Waals surface area contributed by atoms with Crippen LogP contribution in [0.2, 0.25) is 0 Å². The number of anilines is 1. The van der Waals surface area contributed by atoms with Gasteiger partial charge < -0.3 is 5.32 Å². The summed E-state index contributed by atoms with van der Waals surface area (Å²) in [6.45, 7) is 2.28. The Morgan fingerprint density at radius 2 is 2.05 bits per heavy atom. The molecule has 1 aliphatic rings. The minimum atomic E-state index is -3.89. The van der Waals surface area contributed by atoms with E-state index in [9.17, 15) is 18.5 Å². The van der Waals surface area contributed by atoms with E-state index in [4.69, 9.17) is 0 Å². The molecule has 8 heteroatoms. The van der Waals surface area contributed by atoms with Crippen LogP contribution >= 0.6 is 0 Å². The molecule has 1 fully saturated rings. The van der Waals surface area contributed by atoms with Crippen LogP contribution in [0.4, 0.5) is 11.4 Å². The lowest BCUT2D eigenvalue weighted by molar-refractivity contribution is -0.386. The van der Waals surface area contributed by atoms with Gasteiger partial charge in [0.1, 0.15) is 5.69 Å². The average Bonchev–Trinajstić information content (AvgIpc) is 3.14. The monoisotopic (exact) mass is 299 g/mol. The molecule has 1 aromatic carbocycles. The van der Waals surface area contributed by atoms with Crippen molar-refractivity contribution >= 4 is 21.4 Å². The van der Waals surface area contributed by atoms with Crippen LogP contribution in [0.25, 0.3) is 0 Å². The Morgan fingerprint density at radius 3 is 2.55 bits per heavy atom. The van der Waals surface area contributed by atoms with Crippen LogP contribution in [0.15, 0.2) is 23.1 Å². The van der Waals surface area contributed by atoms with Gasteiger partial charge in [-0.2, -0.15) is 0 Å². The Balaban J connectivity index is 2.37. The summed E-state index contributed by atoms with van der Waals surface area (Å²) in [5.41, 5.74) is -0.262. The number of nitrogens with one attached hydrogen (secondary N) is 2. The maximum atomic E-state index is 12.3. The van der Waals surface area contributed by atoms with Crippen molar-refractivity contribution in [3.05, 3.63) is 28.3 Å². The second kappa shape index (κ2) is 5.02. The molecule has 0 heterocycles. The van der Waals surface area contributed by atoms with Gasteiger partial charge in [-0.15, -0.1) is 0 Å². The van der Waals surface area contributed by atoms with Gasteiger partial charge in [0.05, 0.1) is 4.92 Å². The fourth-order valence-corrected chi connectivity index (χ4v) is 3.26. The van der Waals surface area contributed by atoms with Crippen molar-refractivity contribution in [3.8, 4) is 0 Å². The van der Waals surface area contributed by atoms with E-state index in [1.807, 2.05) is 6.92 Å². The molecule has 2 rings (SSSR count). The first-order chi connectivity index (χ1) is 9.29. The molecule has 7 nitrogen and oxygen atoms in total. The van der Waals surface area contributed by atoms with Gasteiger partial charge in [-0.1, -0.05) is 13.0 Å². The first kappa shape index (κ1) is 14.7. The molecule has 0 unspecified atom stereocenters. The average molecular weight is 299 g/mol. The summed E-state index contributed by atoms with van der Waals surface area (Å²) in [7, 11) is -2.38. The van der Waals surface area contributed by atoms with E-state index in [0.717, 1.165) is 12.8 Å². The van der Waals surface area contributed by atoms with E-state index < -0.39 is 20.6 Å². The zero-order valence-electron chi connectivity index (χ0n) is 11.3. The lowest BCUT2D eigenvalue weighted by Crippen LogP contribution is -2.29. The van der Waals surface area contributed by atoms with E-state index in [1.165, 1.54) is 25.2 Å². The number of nitro groups is 1. The van der Waals surface area contributed by atoms with Crippen molar-refractivity contribution in [2.45, 2.75) is 24.7 Å². The van der Waals surface area contributed by atoms with Crippen LogP contribution in [0.1, 0.15) is 19.8 Å². The molecular formula is C12H17N3O4S. The molecule has 110 valence electrons. The summed E-state index contributed by atoms with van der Waals surface area (Å²) in [4.78, 5) is 10.1. The standard InChI is InChI=1S/C12H17N3O4S/c1-12(6-7-12)8-14-20(18,19)10-5-3-4-9(13-2)11(10)15(16)17/h3-5,13-14H,6-8H2,1-2H3. The SMILES string of the molecule is CNc1cccc(S(=O)(=O)NCC2(C)CC2)c1[N+](=O)[O-]. The molecule has 1 aliphatic carbocycles. The summed E-state index contributed by atoms with van der Waals surface area (Å²) in [5, 5.41) is 13.8. The number of benzene rings is 1. The lowest BCUT2D eigenvalue weighted by Gasteiger charge is -2.12. The van der Waals surface area contributed by atoms with Gasteiger partial charge in [-0.3, -0.25) is 10.1 Å². The lowest BCUT2D eigenvalue weighted by atomic mass is 10.2. The van der Waals surface area contributed by atoms with E-state index in [2.05, 4.69) is 10.0 Å². The third-order valence-electron chi connectivity index (χ3n) is 3.53. The fraction of sp³-hybridized carbons (Fsp3) is 0.500. The first-order valence-electron chi connectivity index (χ1n) is 6.24. The second-order valence-corrected chi connectivity index (χ2v) is 7.03. The molecule has 0 radical (unpaired) electrons. The van der Waals surface area contributed by atoms with E-state index in [1.54, 1.807) is 0 Å². The summed E-state index contributed by atoms with van der Waals surface area (Å²) in [6.07, 6.45) is 1.93. The number of hydrogen-bond acceptors (Lipinski definition) is 5. The fourth-order valence-electron chi connectivity index (χ4n) is 1.87. The molecule has 0 spiro atoms. The predicted octanol–water partition coefficient (Wildman–Crippen LogP) is 1.71.